The number of carbonyl (C=O) groups is 5. The fourth-order valence-corrected chi connectivity index (χ4v) is 4.87. The summed E-state index contributed by atoms with van der Waals surface area (Å²) in [6.07, 6.45) is -0.727. The Morgan fingerprint density at radius 1 is 0.592 bits per heavy atom. The van der Waals surface area contributed by atoms with E-state index in [1.807, 2.05) is 54.6 Å². The van der Waals surface area contributed by atoms with Crippen molar-refractivity contribution >= 4 is 29.6 Å². The summed E-state index contributed by atoms with van der Waals surface area (Å²) in [5.74, 6) is -2.42. The van der Waals surface area contributed by atoms with Gasteiger partial charge in [0.1, 0.15) is 30.5 Å². The van der Waals surface area contributed by atoms with Crippen molar-refractivity contribution in [1.82, 2.24) is 21.3 Å². The van der Waals surface area contributed by atoms with Gasteiger partial charge in [-0.3, -0.25) is 19.2 Å². The first-order valence-corrected chi connectivity index (χ1v) is 15.8. The minimum Gasteiger partial charge on any atom is -0.497 e. The molecular formula is C38H40N4O7. The van der Waals surface area contributed by atoms with Gasteiger partial charge in [0, 0.05) is 19.4 Å². The van der Waals surface area contributed by atoms with Crippen LogP contribution in [0.1, 0.15) is 29.2 Å². The second-order valence-corrected chi connectivity index (χ2v) is 11.3. The van der Waals surface area contributed by atoms with Crippen LogP contribution in [0.2, 0.25) is 0 Å². The summed E-state index contributed by atoms with van der Waals surface area (Å²) < 4.78 is 10.5. The first-order chi connectivity index (χ1) is 23.7. The number of carbonyl (C=O) groups excluding carboxylic acids is 5. The van der Waals surface area contributed by atoms with Crippen LogP contribution in [0.4, 0.5) is 4.79 Å². The largest absolute Gasteiger partial charge is 0.497 e. The maximum atomic E-state index is 13.9. The predicted octanol–water partition coefficient (Wildman–Crippen LogP) is 3.65. The number of amides is 4. The third kappa shape index (κ3) is 11.7. The third-order valence-corrected chi connectivity index (χ3v) is 7.61. The van der Waals surface area contributed by atoms with E-state index in [2.05, 4.69) is 21.3 Å². The number of hydrogen-bond acceptors (Lipinski definition) is 7. The van der Waals surface area contributed by atoms with Gasteiger partial charge in [-0.05, 0) is 41.3 Å². The number of methoxy groups -OCH3 is 1. The molecule has 4 aromatic carbocycles. The maximum Gasteiger partial charge on any atom is 0.408 e. The van der Waals surface area contributed by atoms with Crippen LogP contribution in [0, 0.1) is 0 Å². The number of Topliss-reactive ketones (excluding diaryl/α,β-unsaturated/α-hetero) is 1. The Morgan fingerprint density at radius 3 is 1.69 bits per heavy atom. The zero-order chi connectivity index (χ0) is 35.0. The molecule has 0 radical (unpaired) electrons. The molecule has 254 valence electrons. The molecule has 0 saturated heterocycles. The molecule has 11 nitrogen and oxygen atoms in total. The van der Waals surface area contributed by atoms with E-state index >= 15 is 0 Å². The van der Waals surface area contributed by atoms with Gasteiger partial charge in [0.05, 0.1) is 7.11 Å². The van der Waals surface area contributed by atoms with Crippen LogP contribution in [0.3, 0.4) is 0 Å². The summed E-state index contributed by atoms with van der Waals surface area (Å²) >= 11 is 0. The van der Waals surface area contributed by atoms with E-state index in [0.717, 1.165) is 16.7 Å². The van der Waals surface area contributed by atoms with Gasteiger partial charge in [-0.25, -0.2) is 4.79 Å². The van der Waals surface area contributed by atoms with E-state index in [1.54, 1.807) is 60.7 Å². The van der Waals surface area contributed by atoms with Crippen molar-refractivity contribution < 1.29 is 33.4 Å². The predicted molar refractivity (Wildman–Crippen MR) is 183 cm³/mol. The molecule has 4 aromatic rings. The van der Waals surface area contributed by atoms with Gasteiger partial charge >= 0.3 is 6.09 Å². The number of hydrogen-bond donors (Lipinski definition) is 4. The van der Waals surface area contributed by atoms with Crippen molar-refractivity contribution in [3.8, 4) is 5.75 Å². The van der Waals surface area contributed by atoms with Crippen molar-refractivity contribution in [1.29, 1.82) is 0 Å². The van der Waals surface area contributed by atoms with Crippen LogP contribution >= 0.6 is 0 Å². The Bertz CT molecular complexity index is 1680. The Morgan fingerprint density at radius 2 is 1.10 bits per heavy atom. The Hall–Kier alpha value is -5.97. The number of nitrogens with one attached hydrogen (secondary N) is 4. The number of benzene rings is 4. The fourth-order valence-electron chi connectivity index (χ4n) is 4.87. The molecule has 0 fully saturated rings. The lowest BCUT2D eigenvalue weighted by atomic mass is 9.99. The third-order valence-electron chi connectivity index (χ3n) is 7.61. The summed E-state index contributed by atoms with van der Waals surface area (Å²) in [6.45, 7) is 1.60. The standard InChI is InChI=1S/C38H40N4O7/c1-26(40-38(47)49-25-30-16-10-5-11-17-30)35(44)42-33(23-28-18-20-31(48-2)21-19-28)36(45)41-32(22-27-12-6-3-7-13-27)34(43)37(46)39-24-29-14-8-4-9-15-29/h3-21,26,32-33H,22-25H2,1-2H3,(H,39,46)(H,40,47)(H,41,45)(H,42,44)/t26-,32-,33-/m0/s1. The van der Waals surface area contributed by atoms with Crippen molar-refractivity contribution in [2.75, 3.05) is 7.11 Å². The molecule has 0 aliphatic heterocycles. The zero-order valence-electron chi connectivity index (χ0n) is 27.4. The SMILES string of the molecule is COc1ccc(C[C@H](NC(=O)[C@H](C)NC(=O)OCc2ccccc2)C(=O)N[C@@H](Cc2ccccc2)C(=O)C(=O)NCc2ccccc2)cc1. The topological polar surface area (TPSA) is 152 Å². The van der Waals surface area contributed by atoms with Crippen molar-refractivity contribution in [2.45, 2.75) is 51.0 Å². The first kappa shape index (κ1) is 35.9. The second-order valence-electron chi connectivity index (χ2n) is 11.3. The molecule has 49 heavy (non-hydrogen) atoms. The van der Waals surface area contributed by atoms with Crippen LogP contribution in [-0.4, -0.2) is 54.8 Å². The van der Waals surface area contributed by atoms with E-state index in [9.17, 15) is 24.0 Å². The highest BCUT2D eigenvalue weighted by Gasteiger charge is 2.31. The van der Waals surface area contributed by atoms with Gasteiger partial charge in [-0.15, -0.1) is 0 Å². The lowest BCUT2D eigenvalue weighted by molar-refractivity contribution is -0.140. The molecule has 0 unspecified atom stereocenters. The molecule has 0 saturated carbocycles. The summed E-state index contributed by atoms with van der Waals surface area (Å²) in [5, 5.41) is 10.5. The molecule has 4 rings (SSSR count). The molecule has 0 spiro atoms. The van der Waals surface area contributed by atoms with E-state index in [1.165, 1.54) is 14.0 Å². The fraction of sp³-hybridized carbons (Fsp3) is 0.237. The van der Waals surface area contributed by atoms with E-state index < -0.39 is 47.7 Å². The number of ether oxygens (including phenoxy) is 2. The average molecular weight is 665 g/mol. The molecule has 0 bridgehead atoms. The second kappa shape index (κ2) is 18.4. The summed E-state index contributed by atoms with van der Waals surface area (Å²) in [7, 11) is 1.53. The average Bonchev–Trinajstić information content (AvgIpc) is 3.13. The minimum atomic E-state index is -1.23. The summed E-state index contributed by atoms with van der Waals surface area (Å²) in [6, 6.07) is 30.6. The van der Waals surface area contributed by atoms with Crippen molar-refractivity contribution in [3.05, 3.63) is 138 Å². The summed E-state index contributed by atoms with van der Waals surface area (Å²) in [4.78, 5) is 66.1. The maximum absolute atomic E-state index is 13.9. The van der Waals surface area contributed by atoms with E-state index in [-0.39, 0.29) is 26.0 Å². The number of rotatable bonds is 16. The van der Waals surface area contributed by atoms with Gasteiger partial charge in [-0.2, -0.15) is 0 Å². The molecule has 4 N–H and O–H groups in total. The quantitative estimate of drug-likeness (QED) is 0.134. The highest BCUT2D eigenvalue weighted by Crippen LogP contribution is 2.14. The Labute approximate surface area is 285 Å². The number of ketones is 1. The van der Waals surface area contributed by atoms with Crippen molar-refractivity contribution in [2.24, 2.45) is 0 Å². The van der Waals surface area contributed by atoms with Gasteiger partial charge < -0.3 is 30.7 Å². The minimum absolute atomic E-state index is 0.0132. The van der Waals surface area contributed by atoms with Crippen LogP contribution in [-0.2, 0) is 49.9 Å². The molecular weight excluding hydrogens is 624 g/mol. The first-order valence-electron chi connectivity index (χ1n) is 15.8. The Kier molecular flexibility index (Phi) is 13.5. The lowest BCUT2D eigenvalue weighted by Gasteiger charge is -2.24. The van der Waals surface area contributed by atoms with Crippen molar-refractivity contribution in [3.63, 3.8) is 0 Å². The monoisotopic (exact) mass is 664 g/mol. The van der Waals surface area contributed by atoms with E-state index in [0.29, 0.717) is 11.3 Å². The van der Waals surface area contributed by atoms with Gasteiger partial charge in [0.2, 0.25) is 17.6 Å². The molecule has 11 heteroatoms. The van der Waals surface area contributed by atoms with Gasteiger partial charge in [-0.1, -0.05) is 103 Å². The summed E-state index contributed by atoms with van der Waals surface area (Å²) in [5.41, 5.74) is 3.00. The highest BCUT2D eigenvalue weighted by molar-refractivity contribution is 6.38. The number of alkyl carbamates (subject to hydrolysis) is 1. The van der Waals surface area contributed by atoms with E-state index in [4.69, 9.17) is 9.47 Å². The molecule has 0 aliphatic rings. The highest BCUT2D eigenvalue weighted by atomic mass is 16.5. The van der Waals surface area contributed by atoms with Gasteiger partial charge in [0.25, 0.3) is 5.91 Å². The van der Waals surface area contributed by atoms with Crippen LogP contribution in [0.15, 0.2) is 115 Å². The van der Waals surface area contributed by atoms with Gasteiger partial charge in [0.15, 0.2) is 0 Å². The Balaban J connectivity index is 1.48. The normalized spacial score (nSPS) is 12.4. The molecule has 0 aromatic heterocycles. The molecule has 0 heterocycles. The molecule has 4 amide bonds. The van der Waals surface area contributed by atoms with Crippen LogP contribution < -0.4 is 26.0 Å². The van der Waals surface area contributed by atoms with Crippen LogP contribution in [0.25, 0.3) is 0 Å². The lowest BCUT2D eigenvalue weighted by Crippen LogP contribution is -2.57. The van der Waals surface area contributed by atoms with Crippen LogP contribution in [0.5, 0.6) is 5.75 Å². The molecule has 0 aliphatic carbocycles. The molecule has 3 atom stereocenters. The smallest absolute Gasteiger partial charge is 0.408 e. The zero-order valence-corrected chi connectivity index (χ0v) is 27.4.